The number of hydrogen-bond acceptors (Lipinski definition) is 5. The fraction of sp³-hybridized carbons (Fsp3) is 0.556. The summed E-state index contributed by atoms with van der Waals surface area (Å²) in [7, 11) is 1.63. The van der Waals surface area contributed by atoms with E-state index in [1.807, 2.05) is 24.3 Å². The summed E-state index contributed by atoms with van der Waals surface area (Å²) in [6.45, 7) is 4.35. The second-order valence-electron chi connectivity index (χ2n) is 5.81. The minimum absolute atomic E-state index is 0.109. The molecule has 0 unspecified atom stereocenters. The average molecular weight is 331 g/mol. The van der Waals surface area contributed by atoms with Crippen molar-refractivity contribution >= 4 is 5.91 Å². The summed E-state index contributed by atoms with van der Waals surface area (Å²) in [5, 5.41) is 11.2. The van der Waals surface area contributed by atoms with Crippen LogP contribution in [0.5, 0.6) is 11.5 Å². The van der Waals surface area contributed by atoms with Gasteiger partial charge in [-0.25, -0.2) is 0 Å². The van der Waals surface area contributed by atoms with Crippen LogP contribution in [-0.2, 0) is 11.2 Å². The molecular formula is C18H25N3O3. The number of benzene rings is 1. The van der Waals surface area contributed by atoms with Gasteiger partial charge in [-0.2, -0.15) is 5.26 Å². The lowest BCUT2D eigenvalue weighted by atomic mass is 10.1. The number of nitrogens with zero attached hydrogens (tertiary/aromatic N) is 2. The van der Waals surface area contributed by atoms with Crippen LogP contribution in [0.3, 0.4) is 0 Å². The monoisotopic (exact) mass is 331 g/mol. The normalized spacial score (nSPS) is 14.2. The number of carbonyl (C=O) groups excluding carboxylic acids is 1. The van der Waals surface area contributed by atoms with Crippen molar-refractivity contribution in [1.29, 1.82) is 5.26 Å². The predicted molar refractivity (Wildman–Crippen MR) is 91.1 cm³/mol. The van der Waals surface area contributed by atoms with Crippen LogP contribution in [0.1, 0.15) is 24.8 Å². The van der Waals surface area contributed by atoms with Gasteiger partial charge in [-0.05, 0) is 44.0 Å². The van der Waals surface area contributed by atoms with Crippen molar-refractivity contribution in [1.82, 2.24) is 10.2 Å². The first-order chi connectivity index (χ1) is 11.7. The van der Waals surface area contributed by atoms with E-state index in [1.54, 1.807) is 7.11 Å². The SMILES string of the molecule is COc1ccc(CCNC(=O)CC#N)c(OCCN2CCCC2)c1. The first-order valence-corrected chi connectivity index (χ1v) is 8.38. The number of hydrogen-bond donors (Lipinski definition) is 1. The van der Waals surface area contributed by atoms with Gasteiger partial charge >= 0.3 is 0 Å². The van der Waals surface area contributed by atoms with Gasteiger partial charge in [-0.3, -0.25) is 9.69 Å². The van der Waals surface area contributed by atoms with Crippen molar-refractivity contribution in [2.45, 2.75) is 25.7 Å². The van der Waals surface area contributed by atoms with E-state index in [0.717, 1.165) is 36.7 Å². The minimum Gasteiger partial charge on any atom is -0.497 e. The van der Waals surface area contributed by atoms with Gasteiger partial charge in [-0.1, -0.05) is 6.07 Å². The standard InChI is InChI=1S/C18H25N3O3/c1-23-16-5-4-15(7-9-20-18(22)6-8-19)17(14-16)24-13-12-21-10-2-3-11-21/h4-5,14H,2-3,6-7,9-13H2,1H3,(H,20,22). The van der Waals surface area contributed by atoms with Gasteiger partial charge in [0.1, 0.15) is 24.5 Å². The van der Waals surface area contributed by atoms with E-state index in [2.05, 4.69) is 10.2 Å². The van der Waals surface area contributed by atoms with Crippen LogP contribution in [0.25, 0.3) is 0 Å². The second-order valence-corrected chi connectivity index (χ2v) is 5.81. The number of nitrogens with one attached hydrogen (secondary N) is 1. The summed E-state index contributed by atoms with van der Waals surface area (Å²) < 4.78 is 11.2. The Hall–Kier alpha value is -2.26. The third-order valence-electron chi connectivity index (χ3n) is 4.09. The molecule has 1 fully saturated rings. The molecule has 6 nitrogen and oxygen atoms in total. The molecular weight excluding hydrogens is 306 g/mol. The zero-order valence-electron chi connectivity index (χ0n) is 14.2. The summed E-state index contributed by atoms with van der Waals surface area (Å²) in [6, 6.07) is 7.57. The number of rotatable bonds is 9. The fourth-order valence-corrected chi connectivity index (χ4v) is 2.76. The zero-order valence-corrected chi connectivity index (χ0v) is 14.2. The molecule has 2 rings (SSSR count). The molecule has 1 heterocycles. The summed E-state index contributed by atoms with van der Waals surface area (Å²) in [4.78, 5) is 13.8. The molecule has 24 heavy (non-hydrogen) atoms. The van der Waals surface area contributed by atoms with E-state index in [4.69, 9.17) is 14.7 Å². The Kier molecular flexibility index (Phi) is 7.37. The van der Waals surface area contributed by atoms with Crippen molar-refractivity contribution in [3.05, 3.63) is 23.8 Å². The van der Waals surface area contributed by atoms with Crippen LogP contribution >= 0.6 is 0 Å². The van der Waals surface area contributed by atoms with E-state index in [-0.39, 0.29) is 12.3 Å². The molecule has 0 radical (unpaired) electrons. The summed E-state index contributed by atoms with van der Waals surface area (Å²) in [6.07, 6.45) is 3.08. The quantitative estimate of drug-likeness (QED) is 0.746. The molecule has 0 bridgehead atoms. The number of nitriles is 1. The Morgan fingerprint density at radius 2 is 2.17 bits per heavy atom. The third-order valence-corrected chi connectivity index (χ3v) is 4.09. The molecule has 0 saturated carbocycles. The fourth-order valence-electron chi connectivity index (χ4n) is 2.76. The molecule has 0 aliphatic carbocycles. The minimum atomic E-state index is -0.248. The van der Waals surface area contributed by atoms with Gasteiger partial charge in [0.05, 0.1) is 13.2 Å². The molecule has 1 saturated heterocycles. The molecule has 0 atom stereocenters. The molecule has 0 aromatic heterocycles. The molecule has 1 amide bonds. The first-order valence-electron chi connectivity index (χ1n) is 8.38. The Labute approximate surface area is 143 Å². The molecule has 0 spiro atoms. The Balaban J connectivity index is 1.88. The highest BCUT2D eigenvalue weighted by molar-refractivity contribution is 5.77. The average Bonchev–Trinajstić information content (AvgIpc) is 3.09. The molecule has 1 aromatic carbocycles. The van der Waals surface area contributed by atoms with Crippen LogP contribution in [0.15, 0.2) is 18.2 Å². The van der Waals surface area contributed by atoms with Crippen LogP contribution in [0.2, 0.25) is 0 Å². The highest BCUT2D eigenvalue weighted by atomic mass is 16.5. The van der Waals surface area contributed by atoms with Gasteiger partial charge in [-0.15, -0.1) is 0 Å². The van der Waals surface area contributed by atoms with Crippen LogP contribution < -0.4 is 14.8 Å². The van der Waals surface area contributed by atoms with Crippen LogP contribution in [0, 0.1) is 11.3 Å². The molecule has 1 aromatic rings. The van der Waals surface area contributed by atoms with E-state index < -0.39 is 0 Å². The number of ether oxygens (including phenoxy) is 2. The first kappa shape index (κ1) is 18.1. The van der Waals surface area contributed by atoms with E-state index in [1.165, 1.54) is 12.8 Å². The van der Waals surface area contributed by atoms with Gasteiger partial charge in [0.2, 0.25) is 5.91 Å². The Bertz CT molecular complexity index is 577. The molecule has 1 N–H and O–H groups in total. The predicted octanol–water partition coefficient (Wildman–Crippen LogP) is 1.74. The molecule has 1 aliphatic rings. The van der Waals surface area contributed by atoms with Gasteiger partial charge in [0, 0.05) is 19.2 Å². The van der Waals surface area contributed by atoms with Crippen molar-refractivity contribution in [3.63, 3.8) is 0 Å². The maximum Gasteiger partial charge on any atom is 0.234 e. The lowest BCUT2D eigenvalue weighted by Crippen LogP contribution is -2.26. The summed E-state index contributed by atoms with van der Waals surface area (Å²) in [5.74, 6) is 1.30. The van der Waals surface area contributed by atoms with E-state index in [0.29, 0.717) is 19.6 Å². The summed E-state index contributed by atoms with van der Waals surface area (Å²) in [5.41, 5.74) is 1.02. The maximum atomic E-state index is 11.3. The van der Waals surface area contributed by atoms with Crippen molar-refractivity contribution < 1.29 is 14.3 Å². The van der Waals surface area contributed by atoms with Crippen molar-refractivity contribution in [2.75, 3.05) is 39.9 Å². The zero-order chi connectivity index (χ0) is 17.2. The third kappa shape index (κ3) is 5.74. The molecule has 1 aliphatic heterocycles. The van der Waals surface area contributed by atoms with Crippen LogP contribution in [-0.4, -0.2) is 50.7 Å². The number of amides is 1. The Morgan fingerprint density at radius 1 is 1.38 bits per heavy atom. The van der Waals surface area contributed by atoms with Gasteiger partial charge in [0.15, 0.2) is 0 Å². The molecule has 6 heteroatoms. The maximum absolute atomic E-state index is 11.3. The summed E-state index contributed by atoms with van der Waals surface area (Å²) >= 11 is 0. The van der Waals surface area contributed by atoms with Gasteiger partial charge in [0.25, 0.3) is 0 Å². The van der Waals surface area contributed by atoms with E-state index >= 15 is 0 Å². The van der Waals surface area contributed by atoms with Crippen molar-refractivity contribution in [2.24, 2.45) is 0 Å². The Morgan fingerprint density at radius 3 is 2.88 bits per heavy atom. The highest BCUT2D eigenvalue weighted by Gasteiger charge is 2.12. The smallest absolute Gasteiger partial charge is 0.234 e. The lowest BCUT2D eigenvalue weighted by Gasteiger charge is -2.17. The largest absolute Gasteiger partial charge is 0.497 e. The van der Waals surface area contributed by atoms with Crippen LogP contribution in [0.4, 0.5) is 0 Å². The highest BCUT2D eigenvalue weighted by Crippen LogP contribution is 2.25. The topological polar surface area (TPSA) is 74.6 Å². The lowest BCUT2D eigenvalue weighted by molar-refractivity contribution is -0.120. The second kappa shape index (κ2) is 9.78. The van der Waals surface area contributed by atoms with Gasteiger partial charge < -0.3 is 14.8 Å². The number of methoxy groups -OCH3 is 1. The number of likely N-dealkylation sites (tertiary alicyclic amines) is 1. The van der Waals surface area contributed by atoms with Crippen molar-refractivity contribution in [3.8, 4) is 17.6 Å². The molecule has 130 valence electrons. The number of carbonyl (C=O) groups is 1. The van der Waals surface area contributed by atoms with E-state index in [9.17, 15) is 4.79 Å².